The molecule has 0 atom stereocenters. The number of nitrogens with one attached hydrogen (secondary N) is 1. The van der Waals surface area contributed by atoms with Crippen LogP contribution in [0.4, 0.5) is 5.69 Å². The van der Waals surface area contributed by atoms with Crippen molar-refractivity contribution in [1.29, 1.82) is 0 Å². The van der Waals surface area contributed by atoms with E-state index in [2.05, 4.69) is 5.32 Å². The number of hydrogen-bond acceptors (Lipinski definition) is 3. The topological polar surface area (TPSA) is 75.3 Å². The lowest BCUT2D eigenvalue weighted by Crippen LogP contribution is -2.57. The summed E-state index contributed by atoms with van der Waals surface area (Å²) in [5.74, 6) is -0.0745. The summed E-state index contributed by atoms with van der Waals surface area (Å²) in [7, 11) is 0. The smallest absolute Gasteiger partial charge is 0.220 e. The van der Waals surface area contributed by atoms with Gasteiger partial charge in [0.1, 0.15) is 0 Å². The highest BCUT2D eigenvalue weighted by Gasteiger charge is 2.36. The maximum Gasteiger partial charge on any atom is 0.220 e. The number of nitrogen functional groups attached to an aromatic ring is 1. The van der Waals surface area contributed by atoms with Crippen LogP contribution in [0.2, 0.25) is 0 Å². The van der Waals surface area contributed by atoms with E-state index in [1.807, 2.05) is 38.1 Å². The van der Waals surface area contributed by atoms with E-state index in [1.165, 1.54) is 0 Å². The lowest BCUT2D eigenvalue weighted by molar-refractivity contribution is -0.126. The van der Waals surface area contributed by atoms with Crippen molar-refractivity contribution in [3.63, 3.8) is 0 Å². The third-order valence-electron chi connectivity index (χ3n) is 3.57. The summed E-state index contributed by atoms with van der Waals surface area (Å²) in [6.45, 7) is 6.99. The van der Waals surface area contributed by atoms with Crippen molar-refractivity contribution in [2.75, 3.05) is 5.73 Å². The Morgan fingerprint density at radius 1 is 1.32 bits per heavy atom. The van der Waals surface area contributed by atoms with Gasteiger partial charge in [-0.15, -0.1) is 0 Å². The van der Waals surface area contributed by atoms with E-state index in [9.17, 15) is 9.90 Å². The van der Waals surface area contributed by atoms with Gasteiger partial charge in [0.05, 0.1) is 11.1 Å². The number of amides is 1. The number of anilines is 1. The zero-order chi connectivity index (χ0) is 14.7. The highest BCUT2D eigenvalue weighted by atomic mass is 16.3. The van der Waals surface area contributed by atoms with Crippen molar-refractivity contribution < 1.29 is 9.90 Å². The molecule has 4 N–H and O–H groups in total. The number of aryl methyl sites for hydroxylation is 1. The summed E-state index contributed by atoms with van der Waals surface area (Å²) in [6, 6.07) is 7.52. The van der Waals surface area contributed by atoms with Crippen LogP contribution in [-0.2, 0) is 11.2 Å². The Bertz CT molecular complexity index is 448. The van der Waals surface area contributed by atoms with Gasteiger partial charge in [0.2, 0.25) is 5.91 Å². The van der Waals surface area contributed by atoms with Gasteiger partial charge in [-0.25, -0.2) is 0 Å². The molecule has 4 nitrogen and oxygen atoms in total. The zero-order valence-electron chi connectivity index (χ0n) is 12.2. The average molecular weight is 264 g/mol. The molecule has 0 aliphatic rings. The maximum atomic E-state index is 11.9. The van der Waals surface area contributed by atoms with Crippen LogP contribution in [-0.4, -0.2) is 22.2 Å². The molecule has 0 aliphatic heterocycles. The fourth-order valence-electron chi connectivity index (χ4n) is 1.57. The number of hydrogen-bond donors (Lipinski definition) is 3. The van der Waals surface area contributed by atoms with Crippen LogP contribution in [0, 0.1) is 0 Å². The number of benzene rings is 1. The van der Waals surface area contributed by atoms with Gasteiger partial charge in [-0.1, -0.05) is 12.1 Å². The van der Waals surface area contributed by atoms with Gasteiger partial charge in [-0.05, 0) is 51.8 Å². The second kappa shape index (κ2) is 5.61. The summed E-state index contributed by atoms with van der Waals surface area (Å²) in [5, 5.41) is 12.8. The molecular weight excluding hydrogens is 240 g/mol. The van der Waals surface area contributed by atoms with Crippen molar-refractivity contribution in [3.8, 4) is 0 Å². The molecule has 1 amide bonds. The van der Waals surface area contributed by atoms with Crippen molar-refractivity contribution in [3.05, 3.63) is 29.8 Å². The fraction of sp³-hybridized carbons (Fsp3) is 0.533. The Morgan fingerprint density at radius 2 is 1.95 bits per heavy atom. The highest BCUT2D eigenvalue weighted by molar-refractivity contribution is 5.77. The number of nitrogens with two attached hydrogens (primary N) is 1. The predicted octanol–water partition coefficient (Wildman–Crippen LogP) is 1.87. The molecule has 0 spiro atoms. The van der Waals surface area contributed by atoms with E-state index < -0.39 is 11.1 Å². The summed E-state index contributed by atoms with van der Waals surface area (Å²) in [5.41, 5.74) is 5.79. The summed E-state index contributed by atoms with van der Waals surface area (Å²) in [6.07, 6.45) is 1.02. The Kier molecular flexibility index (Phi) is 4.58. The first-order valence-corrected chi connectivity index (χ1v) is 6.49. The van der Waals surface area contributed by atoms with Crippen molar-refractivity contribution in [2.24, 2.45) is 0 Å². The van der Waals surface area contributed by atoms with E-state index in [4.69, 9.17) is 5.73 Å². The second-order valence-electron chi connectivity index (χ2n) is 5.98. The van der Waals surface area contributed by atoms with Gasteiger partial charge in [0, 0.05) is 12.1 Å². The first-order chi connectivity index (χ1) is 8.62. The van der Waals surface area contributed by atoms with Crippen LogP contribution in [0.5, 0.6) is 0 Å². The summed E-state index contributed by atoms with van der Waals surface area (Å²) < 4.78 is 0. The summed E-state index contributed by atoms with van der Waals surface area (Å²) in [4.78, 5) is 11.9. The largest absolute Gasteiger partial charge is 0.399 e. The van der Waals surface area contributed by atoms with Gasteiger partial charge in [-0.3, -0.25) is 4.79 Å². The fourth-order valence-corrected chi connectivity index (χ4v) is 1.57. The second-order valence-corrected chi connectivity index (χ2v) is 5.98. The lowest BCUT2D eigenvalue weighted by atomic mass is 9.86. The Hall–Kier alpha value is -1.55. The van der Waals surface area contributed by atoms with Gasteiger partial charge in [0.15, 0.2) is 0 Å². The Labute approximate surface area is 115 Å². The molecule has 106 valence electrons. The van der Waals surface area contributed by atoms with Crippen molar-refractivity contribution in [1.82, 2.24) is 5.32 Å². The van der Waals surface area contributed by atoms with Gasteiger partial charge in [0.25, 0.3) is 0 Å². The monoisotopic (exact) mass is 264 g/mol. The molecule has 0 bridgehead atoms. The van der Waals surface area contributed by atoms with E-state index in [1.54, 1.807) is 13.8 Å². The minimum atomic E-state index is -0.972. The molecule has 0 aliphatic carbocycles. The molecule has 1 aromatic carbocycles. The lowest BCUT2D eigenvalue weighted by Gasteiger charge is -2.38. The van der Waals surface area contributed by atoms with Crippen molar-refractivity contribution in [2.45, 2.75) is 51.7 Å². The highest BCUT2D eigenvalue weighted by Crippen LogP contribution is 2.20. The molecule has 0 saturated heterocycles. The van der Waals surface area contributed by atoms with Crippen molar-refractivity contribution >= 4 is 11.6 Å². The van der Waals surface area contributed by atoms with Crippen LogP contribution in [0.15, 0.2) is 24.3 Å². The average Bonchev–Trinajstić information content (AvgIpc) is 2.24. The molecule has 1 aromatic rings. The van der Waals surface area contributed by atoms with Gasteiger partial charge < -0.3 is 16.2 Å². The van der Waals surface area contributed by atoms with Gasteiger partial charge in [-0.2, -0.15) is 0 Å². The molecule has 0 heterocycles. The van der Waals surface area contributed by atoms with Crippen LogP contribution < -0.4 is 11.1 Å². The van der Waals surface area contributed by atoms with Crippen LogP contribution in [0.1, 0.15) is 39.7 Å². The number of aliphatic hydroxyl groups is 1. The quantitative estimate of drug-likeness (QED) is 0.711. The number of rotatable bonds is 5. The Balaban J connectivity index is 2.53. The van der Waals surface area contributed by atoms with Crippen LogP contribution in [0.25, 0.3) is 0 Å². The van der Waals surface area contributed by atoms with Gasteiger partial charge >= 0.3 is 0 Å². The van der Waals surface area contributed by atoms with Crippen LogP contribution in [0.3, 0.4) is 0 Å². The molecular formula is C15H24N2O2. The van der Waals surface area contributed by atoms with Crippen LogP contribution >= 0.6 is 0 Å². The first-order valence-electron chi connectivity index (χ1n) is 6.49. The zero-order valence-corrected chi connectivity index (χ0v) is 12.2. The summed E-state index contributed by atoms with van der Waals surface area (Å²) >= 11 is 0. The molecule has 0 saturated carbocycles. The molecule has 0 fully saturated rings. The minimum Gasteiger partial charge on any atom is -0.399 e. The maximum absolute atomic E-state index is 11.9. The molecule has 19 heavy (non-hydrogen) atoms. The number of carbonyl (C=O) groups excluding carboxylic acids is 1. The third kappa shape index (κ3) is 4.56. The van der Waals surface area contributed by atoms with E-state index in [0.717, 1.165) is 5.56 Å². The molecule has 0 unspecified atom stereocenters. The van der Waals surface area contributed by atoms with E-state index in [0.29, 0.717) is 18.5 Å². The predicted molar refractivity (Wildman–Crippen MR) is 77.7 cm³/mol. The minimum absolute atomic E-state index is 0.0745. The normalized spacial score (nSPS) is 12.3. The molecule has 4 heteroatoms. The first kappa shape index (κ1) is 15.5. The van der Waals surface area contributed by atoms with E-state index in [-0.39, 0.29) is 5.91 Å². The Morgan fingerprint density at radius 3 is 2.47 bits per heavy atom. The molecule has 0 radical (unpaired) electrons. The number of carbonyl (C=O) groups is 1. The third-order valence-corrected chi connectivity index (χ3v) is 3.57. The SMILES string of the molecule is CC(C)(O)C(C)(C)NC(=O)CCc1cccc(N)c1. The molecule has 1 rings (SSSR count). The van der Waals surface area contributed by atoms with E-state index >= 15 is 0 Å². The molecule has 0 aromatic heterocycles. The standard InChI is InChI=1S/C15H24N2O2/c1-14(2,15(3,4)19)17-13(18)9-8-11-6-5-7-12(16)10-11/h5-7,10,19H,8-9,16H2,1-4H3,(H,17,18).